The Hall–Kier alpha value is -0.0800. The van der Waals surface area contributed by atoms with E-state index in [2.05, 4.69) is 33.0 Å². The Bertz CT molecular complexity index is 229. The zero-order valence-corrected chi connectivity index (χ0v) is 10.6. The summed E-state index contributed by atoms with van der Waals surface area (Å²) in [4.78, 5) is 0. The van der Waals surface area contributed by atoms with Gasteiger partial charge in [-0.15, -0.1) is 0 Å². The molecule has 1 N–H and O–H groups in total. The highest BCUT2D eigenvalue weighted by Gasteiger charge is 2.48. The summed E-state index contributed by atoms with van der Waals surface area (Å²) in [6, 6.07) is 0. The lowest BCUT2D eigenvalue weighted by atomic mass is 9.75. The van der Waals surface area contributed by atoms with Gasteiger partial charge in [0, 0.05) is 0 Å². The maximum absolute atomic E-state index is 6.17. The van der Waals surface area contributed by atoms with Crippen molar-refractivity contribution in [1.29, 1.82) is 0 Å². The number of hydrogen-bond acceptors (Lipinski definition) is 2. The van der Waals surface area contributed by atoms with E-state index in [1.807, 2.05) is 0 Å². The average Bonchev–Trinajstić information content (AvgIpc) is 2.36. The smallest absolute Gasteiger partial charge is 0.0666 e. The minimum absolute atomic E-state index is 0.0627. The van der Waals surface area contributed by atoms with Crippen molar-refractivity contribution in [2.75, 3.05) is 13.1 Å². The normalized spacial score (nSPS) is 39.2. The molecule has 0 radical (unpaired) electrons. The van der Waals surface area contributed by atoms with Crippen LogP contribution in [0.25, 0.3) is 0 Å². The highest BCUT2D eigenvalue weighted by atomic mass is 16.5. The second kappa shape index (κ2) is 3.74. The van der Waals surface area contributed by atoms with Crippen LogP contribution in [0.5, 0.6) is 0 Å². The first-order chi connectivity index (χ1) is 6.91. The molecule has 2 nitrogen and oxygen atoms in total. The molecule has 0 saturated carbocycles. The van der Waals surface area contributed by atoms with Crippen LogP contribution in [-0.4, -0.2) is 24.3 Å². The molecule has 0 spiro atoms. The molecule has 2 aliphatic heterocycles. The molecule has 2 rings (SSSR count). The van der Waals surface area contributed by atoms with Gasteiger partial charge in [0.15, 0.2) is 0 Å². The summed E-state index contributed by atoms with van der Waals surface area (Å²) in [7, 11) is 0. The van der Waals surface area contributed by atoms with Crippen LogP contribution in [-0.2, 0) is 4.74 Å². The van der Waals surface area contributed by atoms with Crippen molar-refractivity contribution in [2.45, 2.75) is 58.2 Å². The van der Waals surface area contributed by atoms with Crippen LogP contribution < -0.4 is 5.32 Å². The van der Waals surface area contributed by atoms with Crippen molar-refractivity contribution in [3.8, 4) is 0 Å². The van der Waals surface area contributed by atoms with Crippen LogP contribution in [0.15, 0.2) is 0 Å². The van der Waals surface area contributed by atoms with E-state index in [4.69, 9.17) is 4.74 Å². The van der Waals surface area contributed by atoms with Gasteiger partial charge >= 0.3 is 0 Å². The van der Waals surface area contributed by atoms with Gasteiger partial charge < -0.3 is 10.1 Å². The van der Waals surface area contributed by atoms with Crippen molar-refractivity contribution in [1.82, 2.24) is 5.32 Å². The van der Waals surface area contributed by atoms with E-state index in [0.717, 1.165) is 11.8 Å². The lowest BCUT2D eigenvalue weighted by Crippen LogP contribution is -2.40. The number of hydrogen-bond donors (Lipinski definition) is 1. The molecule has 0 aromatic carbocycles. The number of rotatable bonds is 1. The minimum atomic E-state index is 0.0627. The van der Waals surface area contributed by atoms with E-state index in [0.29, 0.717) is 0 Å². The number of ether oxygens (including phenoxy) is 1. The van der Waals surface area contributed by atoms with Crippen LogP contribution in [0.4, 0.5) is 0 Å². The SMILES string of the molecule is CC1(C)CC(C2CCCNC2)C(C)(C)O1. The quantitative estimate of drug-likeness (QED) is 0.720. The Morgan fingerprint density at radius 2 is 1.93 bits per heavy atom. The van der Waals surface area contributed by atoms with Crippen LogP contribution in [0.2, 0.25) is 0 Å². The van der Waals surface area contributed by atoms with Gasteiger partial charge in [0.1, 0.15) is 0 Å². The van der Waals surface area contributed by atoms with Crippen LogP contribution in [0.1, 0.15) is 47.0 Å². The lowest BCUT2D eigenvalue weighted by Gasteiger charge is -2.35. The number of nitrogens with one attached hydrogen (secondary N) is 1. The summed E-state index contributed by atoms with van der Waals surface area (Å²) in [5.41, 5.74) is 0.138. The van der Waals surface area contributed by atoms with E-state index >= 15 is 0 Å². The third kappa shape index (κ3) is 2.36. The average molecular weight is 211 g/mol. The molecule has 2 heterocycles. The zero-order chi connectivity index (χ0) is 11.1. The van der Waals surface area contributed by atoms with E-state index < -0.39 is 0 Å². The molecule has 0 aliphatic carbocycles. The maximum atomic E-state index is 6.17. The number of piperidine rings is 1. The summed E-state index contributed by atoms with van der Waals surface area (Å²) >= 11 is 0. The fraction of sp³-hybridized carbons (Fsp3) is 1.00. The van der Waals surface area contributed by atoms with Gasteiger partial charge in [0.05, 0.1) is 11.2 Å². The minimum Gasteiger partial charge on any atom is -0.369 e. The molecule has 2 unspecified atom stereocenters. The van der Waals surface area contributed by atoms with Gasteiger partial charge in [-0.1, -0.05) is 0 Å². The van der Waals surface area contributed by atoms with Crippen LogP contribution in [0, 0.1) is 11.8 Å². The van der Waals surface area contributed by atoms with E-state index in [9.17, 15) is 0 Å². The topological polar surface area (TPSA) is 21.3 Å². The summed E-state index contributed by atoms with van der Waals surface area (Å²) < 4.78 is 6.17. The molecule has 0 aromatic heterocycles. The Morgan fingerprint density at radius 3 is 2.40 bits per heavy atom. The molecule has 15 heavy (non-hydrogen) atoms. The van der Waals surface area contributed by atoms with E-state index in [1.54, 1.807) is 0 Å². The van der Waals surface area contributed by atoms with E-state index in [-0.39, 0.29) is 11.2 Å². The predicted octanol–water partition coefficient (Wildman–Crippen LogP) is 2.58. The highest BCUT2D eigenvalue weighted by molar-refractivity contribution is 4.98. The Morgan fingerprint density at radius 1 is 1.20 bits per heavy atom. The molecule has 2 saturated heterocycles. The van der Waals surface area contributed by atoms with Gasteiger partial charge in [-0.3, -0.25) is 0 Å². The summed E-state index contributed by atoms with van der Waals surface area (Å²) in [6.45, 7) is 11.4. The Labute approximate surface area is 93.8 Å². The lowest BCUT2D eigenvalue weighted by molar-refractivity contribution is -0.0808. The molecule has 88 valence electrons. The monoisotopic (exact) mass is 211 g/mol. The van der Waals surface area contributed by atoms with Gasteiger partial charge in [0.2, 0.25) is 0 Å². The molecule has 2 atom stereocenters. The molecular weight excluding hydrogens is 186 g/mol. The maximum Gasteiger partial charge on any atom is 0.0666 e. The first-order valence-electron chi connectivity index (χ1n) is 6.32. The third-order valence-electron chi connectivity index (χ3n) is 4.05. The van der Waals surface area contributed by atoms with Crippen molar-refractivity contribution in [2.24, 2.45) is 11.8 Å². The summed E-state index contributed by atoms with van der Waals surface area (Å²) in [6.07, 6.45) is 3.92. The van der Waals surface area contributed by atoms with Crippen molar-refractivity contribution < 1.29 is 4.74 Å². The molecule has 2 fully saturated rings. The Kier molecular flexibility index (Phi) is 2.85. The van der Waals surface area contributed by atoms with Crippen molar-refractivity contribution in [3.63, 3.8) is 0 Å². The standard InChI is InChI=1S/C13H25NO/c1-12(2)8-11(13(3,4)15-12)10-6-5-7-14-9-10/h10-11,14H,5-9H2,1-4H3. The summed E-state index contributed by atoms with van der Waals surface area (Å²) in [5, 5.41) is 3.52. The Balaban J connectivity index is 2.07. The second-order valence-electron chi connectivity index (χ2n) is 6.38. The van der Waals surface area contributed by atoms with Gasteiger partial charge in [-0.2, -0.15) is 0 Å². The molecule has 0 amide bonds. The second-order valence-corrected chi connectivity index (χ2v) is 6.38. The first-order valence-corrected chi connectivity index (χ1v) is 6.32. The molecule has 0 bridgehead atoms. The molecule has 2 aliphatic rings. The van der Waals surface area contributed by atoms with Crippen LogP contribution in [0.3, 0.4) is 0 Å². The van der Waals surface area contributed by atoms with Gasteiger partial charge in [0.25, 0.3) is 0 Å². The summed E-state index contributed by atoms with van der Waals surface area (Å²) in [5.74, 6) is 1.54. The fourth-order valence-electron chi connectivity index (χ4n) is 3.56. The van der Waals surface area contributed by atoms with E-state index in [1.165, 1.54) is 32.4 Å². The highest BCUT2D eigenvalue weighted by Crippen LogP contribution is 2.46. The molecule has 0 aromatic rings. The largest absolute Gasteiger partial charge is 0.369 e. The van der Waals surface area contributed by atoms with Gasteiger partial charge in [-0.05, 0) is 71.9 Å². The molecule has 2 heteroatoms. The first kappa shape index (κ1) is 11.4. The van der Waals surface area contributed by atoms with Crippen molar-refractivity contribution >= 4 is 0 Å². The zero-order valence-electron chi connectivity index (χ0n) is 10.6. The predicted molar refractivity (Wildman–Crippen MR) is 62.9 cm³/mol. The third-order valence-corrected chi connectivity index (χ3v) is 4.05. The molecular formula is C13H25NO. The van der Waals surface area contributed by atoms with Crippen molar-refractivity contribution in [3.05, 3.63) is 0 Å². The fourth-order valence-corrected chi connectivity index (χ4v) is 3.56. The van der Waals surface area contributed by atoms with Gasteiger partial charge in [-0.25, -0.2) is 0 Å². The van der Waals surface area contributed by atoms with Crippen LogP contribution >= 0.6 is 0 Å².